The molecule has 1 aliphatic carbocycles. The average Bonchev–Trinajstić information content (AvgIpc) is 3.64. The fraction of sp³-hybridized carbons (Fsp3) is 0.483. The van der Waals surface area contributed by atoms with Crippen molar-refractivity contribution in [1.29, 1.82) is 0 Å². The van der Waals surface area contributed by atoms with Crippen LogP contribution in [0.15, 0.2) is 42.9 Å². The van der Waals surface area contributed by atoms with Gasteiger partial charge in [0.2, 0.25) is 5.13 Å². The first-order chi connectivity index (χ1) is 19.4. The van der Waals surface area contributed by atoms with Crippen molar-refractivity contribution in [3.63, 3.8) is 0 Å². The van der Waals surface area contributed by atoms with Crippen LogP contribution < -0.4 is 15.0 Å². The van der Waals surface area contributed by atoms with Gasteiger partial charge in [0.05, 0.1) is 47.6 Å². The molecule has 0 atom stereocenters. The highest BCUT2D eigenvalue weighted by molar-refractivity contribution is 7.15. The molecule has 0 unspecified atom stereocenters. The number of nitrogens with one attached hydrogen (secondary N) is 1. The Balaban J connectivity index is 1.38. The summed E-state index contributed by atoms with van der Waals surface area (Å²) in [6, 6.07) is 9.02. The molecule has 9 nitrogen and oxygen atoms in total. The Bertz CT molecular complexity index is 1400. The summed E-state index contributed by atoms with van der Waals surface area (Å²) < 4.78 is 11.9. The third kappa shape index (κ3) is 7.52. The van der Waals surface area contributed by atoms with Crippen LogP contribution >= 0.6 is 11.3 Å². The number of nitrogens with zero attached hydrogens (tertiary/aromatic N) is 6. The van der Waals surface area contributed by atoms with E-state index in [-0.39, 0.29) is 0 Å². The van der Waals surface area contributed by atoms with Crippen molar-refractivity contribution in [3.8, 4) is 5.75 Å². The second-order valence-corrected chi connectivity index (χ2v) is 18.1. The van der Waals surface area contributed by atoms with E-state index in [9.17, 15) is 0 Å². The van der Waals surface area contributed by atoms with E-state index < -0.39 is 8.07 Å². The topological polar surface area (TPSA) is 98.2 Å². The molecule has 0 saturated heterocycles. The van der Waals surface area contributed by atoms with E-state index in [2.05, 4.69) is 52.0 Å². The number of rotatable bonds is 13. The van der Waals surface area contributed by atoms with Crippen LogP contribution in [0.2, 0.25) is 25.7 Å². The van der Waals surface area contributed by atoms with Crippen LogP contribution in [0.4, 0.5) is 22.3 Å². The maximum Gasteiger partial charge on any atom is 0.215 e. The molecular formula is C29H39N7O2SSi. The third-order valence-corrected chi connectivity index (χ3v) is 9.67. The van der Waals surface area contributed by atoms with Gasteiger partial charge in [0.1, 0.15) is 23.3 Å². The SMILES string of the molecule is CCCOc1cncc(Nc2cnc3ccc(N(COCC[Si](C)(C)C)c4nnc(C5CCCC5)s4)nc3c2)c1. The Labute approximate surface area is 241 Å². The third-order valence-electron chi connectivity index (χ3n) is 6.86. The normalized spacial score (nSPS) is 14.1. The first kappa shape index (κ1) is 28.4. The lowest BCUT2D eigenvalue weighted by atomic mass is 10.1. The van der Waals surface area contributed by atoms with Gasteiger partial charge in [-0.15, -0.1) is 10.2 Å². The fourth-order valence-electron chi connectivity index (χ4n) is 4.59. The van der Waals surface area contributed by atoms with Crippen molar-refractivity contribution < 1.29 is 9.47 Å². The van der Waals surface area contributed by atoms with E-state index >= 15 is 0 Å². The van der Waals surface area contributed by atoms with Gasteiger partial charge in [-0.2, -0.15) is 0 Å². The van der Waals surface area contributed by atoms with Crippen molar-refractivity contribution in [2.45, 2.75) is 70.6 Å². The van der Waals surface area contributed by atoms with Crippen LogP contribution in [0.25, 0.3) is 11.0 Å². The zero-order valence-electron chi connectivity index (χ0n) is 23.9. The van der Waals surface area contributed by atoms with E-state index in [4.69, 9.17) is 14.5 Å². The first-order valence-electron chi connectivity index (χ1n) is 14.2. The quantitative estimate of drug-likeness (QED) is 0.0982. The van der Waals surface area contributed by atoms with Crippen LogP contribution in [0.5, 0.6) is 5.75 Å². The summed E-state index contributed by atoms with van der Waals surface area (Å²) in [7, 11) is -1.20. The van der Waals surface area contributed by atoms with Crippen LogP contribution in [0.3, 0.4) is 0 Å². The van der Waals surface area contributed by atoms with Gasteiger partial charge in [-0.25, -0.2) is 4.98 Å². The lowest BCUT2D eigenvalue weighted by Crippen LogP contribution is -2.26. The van der Waals surface area contributed by atoms with Crippen LogP contribution in [0, 0.1) is 0 Å². The molecule has 11 heteroatoms. The highest BCUT2D eigenvalue weighted by Gasteiger charge is 2.24. The Morgan fingerprint density at radius 1 is 1.00 bits per heavy atom. The predicted molar refractivity (Wildman–Crippen MR) is 165 cm³/mol. The number of anilines is 4. The second kappa shape index (κ2) is 13.0. The average molecular weight is 578 g/mol. The standard InChI is InChI=1S/C29H39N7O2SSi/c1-5-12-38-24-15-22(17-30-19-24)32-23-16-26-25(31-18-23)10-11-27(33-26)36(20-37-13-14-40(2,3)4)29-35-34-28(39-29)21-8-6-7-9-21/h10-11,15-19,21,32H,5-9,12-14,20H2,1-4H3. The van der Waals surface area contributed by atoms with E-state index in [1.807, 2.05) is 29.2 Å². The van der Waals surface area contributed by atoms with Crippen LogP contribution in [-0.2, 0) is 4.74 Å². The minimum Gasteiger partial charge on any atom is -0.492 e. The summed E-state index contributed by atoms with van der Waals surface area (Å²) >= 11 is 1.66. The molecule has 0 radical (unpaired) electrons. The summed E-state index contributed by atoms with van der Waals surface area (Å²) in [5, 5.41) is 14.5. The van der Waals surface area contributed by atoms with Gasteiger partial charge in [0.15, 0.2) is 0 Å². The number of hydrogen-bond donors (Lipinski definition) is 1. The molecular weight excluding hydrogens is 539 g/mol. The summed E-state index contributed by atoms with van der Waals surface area (Å²) in [6.07, 6.45) is 11.2. The summed E-state index contributed by atoms with van der Waals surface area (Å²) in [5.74, 6) is 2.02. The molecule has 1 N–H and O–H groups in total. The monoisotopic (exact) mass is 577 g/mol. The summed E-state index contributed by atoms with van der Waals surface area (Å²) in [6.45, 7) is 10.9. The number of fused-ring (bicyclic) bond motifs is 1. The van der Waals surface area contributed by atoms with Crippen molar-refractivity contribution >= 4 is 52.8 Å². The lowest BCUT2D eigenvalue weighted by molar-refractivity contribution is 0.153. The maximum absolute atomic E-state index is 6.18. The number of hydrogen-bond acceptors (Lipinski definition) is 10. The molecule has 1 saturated carbocycles. The highest BCUT2D eigenvalue weighted by atomic mass is 32.1. The minimum atomic E-state index is -1.20. The van der Waals surface area contributed by atoms with E-state index in [1.54, 1.807) is 29.9 Å². The molecule has 0 bridgehead atoms. The Morgan fingerprint density at radius 2 is 1.82 bits per heavy atom. The van der Waals surface area contributed by atoms with Crippen molar-refractivity contribution in [1.82, 2.24) is 25.1 Å². The van der Waals surface area contributed by atoms with Gasteiger partial charge in [-0.3, -0.25) is 14.9 Å². The zero-order valence-corrected chi connectivity index (χ0v) is 25.7. The molecule has 0 aliphatic heterocycles. The molecule has 0 spiro atoms. The summed E-state index contributed by atoms with van der Waals surface area (Å²) in [4.78, 5) is 16.0. The molecule has 4 heterocycles. The van der Waals surface area contributed by atoms with Crippen molar-refractivity contribution in [3.05, 3.63) is 47.9 Å². The van der Waals surface area contributed by atoms with Gasteiger partial charge in [0, 0.05) is 26.7 Å². The van der Waals surface area contributed by atoms with Crippen LogP contribution in [0.1, 0.15) is 50.0 Å². The summed E-state index contributed by atoms with van der Waals surface area (Å²) in [5.41, 5.74) is 3.25. The van der Waals surface area contributed by atoms with Gasteiger partial charge in [0.25, 0.3) is 0 Å². The van der Waals surface area contributed by atoms with E-state index in [0.29, 0.717) is 19.3 Å². The molecule has 4 aromatic rings. The van der Waals surface area contributed by atoms with Crippen LogP contribution in [-0.4, -0.2) is 53.2 Å². The van der Waals surface area contributed by atoms with Gasteiger partial charge in [-0.1, -0.05) is 50.7 Å². The van der Waals surface area contributed by atoms with E-state index in [1.165, 1.54) is 25.7 Å². The predicted octanol–water partition coefficient (Wildman–Crippen LogP) is 7.52. The molecule has 1 fully saturated rings. The fourth-order valence-corrected chi connectivity index (χ4v) is 6.36. The largest absolute Gasteiger partial charge is 0.492 e. The molecule has 0 aromatic carbocycles. The molecule has 0 amide bonds. The van der Waals surface area contributed by atoms with Gasteiger partial charge >= 0.3 is 0 Å². The Hall–Kier alpha value is -3.15. The molecule has 4 aromatic heterocycles. The van der Waals surface area contributed by atoms with Gasteiger partial charge < -0.3 is 14.8 Å². The minimum absolute atomic E-state index is 0.379. The Morgan fingerprint density at radius 3 is 2.62 bits per heavy atom. The molecule has 1 aliphatic rings. The van der Waals surface area contributed by atoms with Crippen molar-refractivity contribution in [2.24, 2.45) is 0 Å². The molecule has 40 heavy (non-hydrogen) atoms. The Kier molecular flexibility index (Phi) is 9.23. The zero-order chi connectivity index (χ0) is 28.0. The van der Waals surface area contributed by atoms with Crippen molar-refractivity contribution in [2.75, 3.05) is 30.2 Å². The molecule has 5 rings (SSSR count). The molecule has 212 valence electrons. The maximum atomic E-state index is 6.18. The highest BCUT2D eigenvalue weighted by Crippen LogP contribution is 2.38. The smallest absolute Gasteiger partial charge is 0.215 e. The number of aromatic nitrogens is 5. The second-order valence-electron chi connectivity index (χ2n) is 11.5. The number of pyridine rings is 3. The van der Waals surface area contributed by atoms with Gasteiger partial charge in [-0.05, 0) is 43.5 Å². The first-order valence-corrected chi connectivity index (χ1v) is 18.7. The number of ether oxygens (including phenoxy) is 2. The lowest BCUT2D eigenvalue weighted by Gasteiger charge is -2.22. The van der Waals surface area contributed by atoms with E-state index in [0.717, 1.165) is 63.2 Å².